The molecule has 1 aliphatic heterocycles. The van der Waals surface area contributed by atoms with Crippen molar-refractivity contribution in [2.45, 2.75) is 6.92 Å². The van der Waals surface area contributed by atoms with Gasteiger partial charge in [0.25, 0.3) is 0 Å². The summed E-state index contributed by atoms with van der Waals surface area (Å²) >= 11 is 11.9. The summed E-state index contributed by atoms with van der Waals surface area (Å²) in [5, 5.41) is 1.10. The summed E-state index contributed by atoms with van der Waals surface area (Å²) in [6.07, 6.45) is 1.68. The summed E-state index contributed by atoms with van der Waals surface area (Å²) in [4.78, 5) is 12.3. The first-order valence-electron chi connectivity index (χ1n) is 6.04. The second-order valence-electron chi connectivity index (χ2n) is 4.61. The molecule has 100 valence electrons. The summed E-state index contributed by atoms with van der Waals surface area (Å²) in [7, 11) is 0. The van der Waals surface area contributed by atoms with E-state index in [4.69, 9.17) is 27.9 Å². The smallest absolute Gasteiger partial charge is 0.232 e. The minimum Gasteiger partial charge on any atom is -0.451 e. The molecule has 0 amide bonds. The molecule has 2 aromatic rings. The van der Waals surface area contributed by atoms with Gasteiger partial charge >= 0.3 is 0 Å². The van der Waals surface area contributed by atoms with Crippen LogP contribution in [-0.2, 0) is 0 Å². The van der Waals surface area contributed by atoms with Crippen LogP contribution in [0.3, 0.4) is 0 Å². The van der Waals surface area contributed by atoms with Gasteiger partial charge < -0.3 is 4.74 Å². The van der Waals surface area contributed by atoms with Crippen LogP contribution in [0.25, 0.3) is 6.08 Å². The molecule has 0 unspecified atom stereocenters. The second kappa shape index (κ2) is 4.97. The average molecular weight is 305 g/mol. The maximum Gasteiger partial charge on any atom is 0.232 e. The lowest BCUT2D eigenvalue weighted by Crippen LogP contribution is -1.98. The van der Waals surface area contributed by atoms with Gasteiger partial charge in [-0.1, -0.05) is 35.3 Å². The van der Waals surface area contributed by atoms with Gasteiger partial charge in [-0.2, -0.15) is 0 Å². The van der Waals surface area contributed by atoms with Crippen LogP contribution in [-0.4, -0.2) is 5.78 Å². The van der Waals surface area contributed by atoms with Crippen LogP contribution in [0.2, 0.25) is 10.0 Å². The molecular weight excluding hydrogens is 295 g/mol. The molecule has 20 heavy (non-hydrogen) atoms. The number of Topliss-reactive ketones (excluding diaryl/α,β-unsaturated/α-hetero) is 1. The molecule has 0 atom stereocenters. The highest BCUT2D eigenvalue weighted by molar-refractivity contribution is 6.33. The van der Waals surface area contributed by atoms with Gasteiger partial charge in [-0.05, 0) is 48.4 Å². The van der Waals surface area contributed by atoms with Crippen LogP contribution >= 0.6 is 23.2 Å². The normalized spacial score (nSPS) is 15.3. The first-order valence-corrected chi connectivity index (χ1v) is 6.80. The van der Waals surface area contributed by atoms with Crippen LogP contribution < -0.4 is 4.74 Å². The van der Waals surface area contributed by atoms with Crippen molar-refractivity contribution in [1.29, 1.82) is 0 Å². The van der Waals surface area contributed by atoms with Crippen LogP contribution in [0.15, 0.2) is 42.2 Å². The van der Waals surface area contributed by atoms with E-state index < -0.39 is 0 Å². The van der Waals surface area contributed by atoms with Crippen LogP contribution in [0, 0.1) is 6.92 Å². The van der Waals surface area contributed by atoms with Gasteiger partial charge in [-0.25, -0.2) is 0 Å². The van der Waals surface area contributed by atoms with Crippen molar-refractivity contribution < 1.29 is 9.53 Å². The number of halogens is 2. The molecular formula is C16H10Cl2O2. The van der Waals surface area contributed by atoms with Gasteiger partial charge in [0.1, 0.15) is 0 Å². The molecule has 2 aromatic carbocycles. The lowest BCUT2D eigenvalue weighted by molar-refractivity contribution is 0.101. The number of ether oxygens (including phenoxy) is 1. The van der Waals surface area contributed by atoms with Crippen LogP contribution in [0.1, 0.15) is 21.5 Å². The van der Waals surface area contributed by atoms with Gasteiger partial charge in [-0.3, -0.25) is 4.79 Å². The number of aryl methyl sites for hydroxylation is 1. The van der Waals surface area contributed by atoms with Crippen LogP contribution in [0.5, 0.6) is 5.75 Å². The van der Waals surface area contributed by atoms with Gasteiger partial charge in [0.05, 0.1) is 10.6 Å². The highest BCUT2D eigenvalue weighted by Crippen LogP contribution is 2.38. The summed E-state index contributed by atoms with van der Waals surface area (Å²) in [5.41, 5.74) is 2.28. The lowest BCUT2D eigenvalue weighted by Gasteiger charge is -2.01. The molecule has 0 fully saturated rings. The Hall–Kier alpha value is -1.77. The molecule has 2 nitrogen and oxygen atoms in total. The number of rotatable bonds is 1. The standard InChI is InChI=1S/C16H10Cl2O2/c1-9-6-12-15(19)14(20-16(12)13(18)7-9)8-10-2-4-11(17)5-3-10/h2-8H,1H3/b14-8+. The first kappa shape index (κ1) is 13.2. The van der Waals surface area contributed by atoms with Crippen molar-refractivity contribution >= 4 is 35.1 Å². The van der Waals surface area contributed by atoms with Crippen LogP contribution in [0.4, 0.5) is 0 Å². The number of carbonyl (C=O) groups is 1. The molecule has 0 N–H and O–H groups in total. The van der Waals surface area contributed by atoms with E-state index in [2.05, 4.69) is 0 Å². The van der Waals surface area contributed by atoms with Gasteiger partial charge in [-0.15, -0.1) is 0 Å². The molecule has 1 aliphatic rings. The molecule has 0 radical (unpaired) electrons. The Balaban J connectivity index is 2.01. The minimum absolute atomic E-state index is 0.152. The fourth-order valence-electron chi connectivity index (χ4n) is 2.10. The lowest BCUT2D eigenvalue weighted by atomic mass is 10.1. The predicted molar refractivity (Wildman–Crippen MR) is 80.6 cm³/mol. The Morgan fingerprint density at radius 2 is 1.80 bits per heavy atom. The highest BCUT2D eigenvalue weighted by Gasteiger charge is 2.29. The maximum absolute atomic E-state index is 12.3. The average Bonchev–Trinajstić information content (AvgIpc) is 2.71. The number of allylic oxidation sites excluding steroid dienone is 1. The summed E-state index contributed by atoms with van der Waals surface area (Å²) in [6.45, 7) is 1.89. The van der Waals surface area contributed by atoms with E-state index in [-0.39, 0.29) is 11.5 Å². The molecule has 0 saturated carbocycles. The zero-order valence-electron chi connectivity index (χ0n) is 10.6. The molecule has 0 saturated heterocycles. The minimum atomic E-state index is -0.152. The topological polar surface area (TPSA) is 26.3 Å². The van der Waals surface area contributed by atoms with Crippen molar-refractivity contribution in [3.8, 4) is 5.75 Å². The number of ketones is 1. The fourth-order valence-corrected chi connectivity index (χ4v) is 2.53. The Labute approximate surface area is 126 Å². The zero-order valence-corrected chi connectivity index (χ0v) is 12.1. The summed E-state index contributed by atoms with van der Waals surface area (Å²) in [6, 6.07) is 10.7. The third-order valence-electron chi connectivity index (χ3n) is 3.04. The molecule has 0 aliphatic carbocycles. The van der Waals surface area contributed by atoms with E-state index in [1.54, 1.807) is 30.3 Å². The molecule has 3 rings (SSSR count). The number of fused-ring (bicyclic) bond motifs is 1. The molecule has 0 aromatic heterocycles. The van der Waals surface area contributed by atoms with Gasteiger partial charge in [0, 0.05) is 5.02 Å². The van der Waals surface area contributed by atoms with Crippen molar-refractivity contribution in [2.75, 3.05) is 0 Å². The number of hydrogen-bond donors (Lipinski definition) is 0. The number of benzene rings is 2. The van der Waals surface area contributed by atoms with Crippen molar-refractivity contribution in [3.63, 3.8) is 0 Å². The predicted octanol–water partition coefficient (Wildman–Crippen LogP) is 4.92. The third-order valence-corrected chi connectivity index (χ3v) is 3.57. The van der Waals surface area contributed by atoms with E-state index in [0.29, 0.717) is 21.4 Å². The SMILES string of the molecule is Cc1cc(Cl)c2c(c1)C(=O)/C(=C\c1ccc(Cl)cc1)O2. The Morgan fingerprint density at radius 3 is 2.50 bits per heavy atom. The van der Waals surface area contributed by atoms with Crippen molar-refractivity contribution in [3.05, 3.63) is 68.9 Å². The summed E-state index contributed by atoms with van der Waals surface area (Å²) < 4.78 is 5.59. The number of hydrogen-bond acceptors (Lipinski definition) is 2. The highest BCUT2D eigenvalue weighted by atomic mass is 35.5. The third kappa shape index (κ3) is 2.33. The Morgan fingerprint density at radius 1 is 1.10 bits per heavy atom. The van der Waals surface area contributed by atoms with E-state index in [1.807, 2.05) is 19.1 Å². The monoisotopic (exact) mass is 304 g/mol. The van der Waals surface area contributed by atoms with E-state index >= 15 is 0 Å². The van der Waals surface area contributed by atoms with E-state index in [0.717, 1.165) is 11.1 Å². The zero-order chi connectivity index (χ0) is 14.3. The van der Waals surface area contributed by atoms with E-state index in [1.165, 1.54) is 0 Å². The van der Waals surface area contributed by atoms with Crippen molar-refractivity contribution in [2.24, 2.45) is 0 Å². The molecule has 1 heterocycles. The Kier molecular flexibility index (Phi) is 3.28. The summed E-state index contributed by atoms with van der Waals surface area (Å²) in [5.74, 6) is 0.554. The second-order valence-corrected chi connectivity index (χ2v) is 5.46. The largest absolute Gasteiger partial charge is 0.451 e. The van der Waals surface area contributed by atoms with Crippen molar-refractivity contribution in [1.82, 2.24) is 0 Å². The Bertz CT molecular complexity index is 731. The molecule has 0 spiro atoms. The van der Waals surface area contributed by atoms with E-state index in [9.17, 15) is 4.79 Å². The molecule has 4 heteroatoms. The fraction of sp³-hybridized carbons (Fsp3) is 0.0625. The maximum atomic E-state index is 12.3. The van der Waals surface area contributed by atoms with Gasteiger partial charge in [0.2, 0.25) is 5.78 Å². The first-order chi connectivity index (χ1) is 9.54. The quantitative estimate of drug-likeness (QED) is 0.699. The van der Waals surface area contributed by atoms with Gasteiger partial charge in [0.15, 0.2) is 11.5 Å². The number of carbonyl (C=O) groups excluding carboxylic acids is 1. The molecule has 0 bridgehead atoms.